The Morgan fingerprint density at radius 3 is 3.38 bits per heavy atom. The fourth-order valence-corrected chi connectivity index (χ4v) is 1.41. The number of rotatable bonds is 1. The van der Waals surface area contributed by atoms with Crippen molar-refractivity contribution < 1.29 is 4.79 Å². The van der Waals surface area contributed by atoms with Crippen LogP contribution in [0.5, 0.6) is 0 Å². The van der Waals surface area contributed by atoms with E-state index in [1.54, 1.807) is 6.21 Å². The van der Waals surface area contributed by atoms with E-state index in [9.17, 15) is 4.79 Å². The van der Waals surface area contributed by atoms with Crippen molar-refractivity contribution in [3.05, 3.63) is 11.9 Å². The van der Waals surface area contributed by atoms with Crippen molar-refractivity contribution in [2.24, 2.45) is 10.7 Å². The highest BCUT2D eigenvalue weighted by Gasteiger charge is 2.31. The van der Waals surface area contributed by atoms with Crippen molar-refractivity contribution in [1.82, 2.24) is 15.8 Å². The Morgan fingerprint density at radius 2 is 2.62 bits per heavy atom. The molecule has 2 rings (SSSR count). The van der Waals surface area contributed by atoms with E-state index in [1.165, 1.54) is 0 Å². The topological polar surface area (TPSA) is 82.8 Å². The van der Waals surface area contributed by atoms with Crippen LogP contribution in [0, 0.1) is 0 Å². The molecule has 0 saturated carbocycles. The quantitative estimate of drug-likeness (QED) is 0.443. The van der Waals surface area contributed by atoms with Crippen LogP contribution in [0.4, 0.5) is 0 Å². The average Bonchev–Trinajstić information content (AvgIpc) is 2.36. The largest absolute Gasteiger partial charge is 0.367 e. The van der Waals surface area contributed by atoms with E-state index in [0.717, 1.165) is 5.82 Å². The monoisotopic (exact) mass is 181 g/mol. The fourth-order valence-electron chi connectivity index (χ4n) is 1.41. The van der Waals surface area contributed by atoms with Crippen molar-refractivity contribution in [1.29, 1.82) is 0 Å². The lowest BCUT2D eigenvalue weighted by Crippen LogP contribution is -2.47. The molecule has 0 aromatic carbocycles. The lowest BCUT2D eigenvalue weighted by atomic mass is 10.4. The highest BCUT2D eigenvalue weighted by Crippen LogP contribution is 2.11. The van der Waals surface area contributed by atoms with E-state index in [0.29, 0.717) is 13.1 Å². The summed E-state index contributed by atoms with van der Waals surface area (Å²) in [5.41, 5.74) is 10.9. The molecule has 6 nitrogen and oxygen atoms in total. The molecule has 0 aromatic rings. The van der Waals surface area contributed by atoms with Gasteiger partial charge in [-0.3, -0.25) is 9.79 Å². The van der Waals surface area contributed by atoms with Gasteiger partial charge in [-0.25, -0.2) is 5.43 Å². The number of aliphatic imine (C=N–C) groups is 1. The minimum Gasteiger partial charge on any atom is -0.367 e. The Bertz CT molecular complexity index is 285. The van der Waals surface area contributed by atoms with Gasteiger partial charge in [0.2, 0.25) is 0 Å². The molecule has 6 heteroatoms. The predicted octanol–water partition coefficient (Wildman–Crippen LogP) is -1.87. The van der Waals surface area contributed by atoms with Crippen LogP contribution in [0.25, 0.3) is 0 Å². The molecule has 0 radical (unpaired) electrons. The smallest absolute Gasteiger partial charge is 0.256 e. The summed E-state index contributed by atoms with van der Waals surface area (Å²) in [5, 5.41) is 0. The third kappa shape index (κ3) is 1.35. The zero-order chi connectivity index (χ0) is 9.26. The summed E-state index contributed by atoms with van der Waals surface area (Å²) in [4.78, 5) is 16.9. The van der Waals surface area contributed by atoms with Crippen LogP contribution in [0.15, 0.2) is 16.9 Å². The highest BCUT2D eigenvalue weighted by atomic mass is 16.2. The maximum atomic E-state index is 11.0. The molecule has 2 aliphatic heterocycles. The summed E-state index contributed by atoms with van der Waals surface area (Å²) in [6.07, 6.45) is 3.06. The lowest BCUT2D eigenvalue weighted by Gasteiger charge is -2.20. The number of allylic oxidation sites excluding steroid dienone is 1. The number of primary amides is 1. The Labute approximate surface area is 75.5 Å². The van der Waals surface area contributed by atoms with Gasteiger partial charge in [-0.1, -0.05) is 0 Å². The molecule has 4 N–H and O–H groups in total. The number of carbonyl (C=O) groups is 1. The SMILES string of the molecule is NC(=O)C1NNC2=CC=NCCN21. The van der Waals surface area contributed by atoms with Gasteiger partial charge >= 0.3 is 0 Å². The third-order valence-electron chi connectivity index (χ3n) is 2.04. The van der Waals surface area contributed by atoms with E-state index >= 15 is 0 Å². The summed E-state index contributed by atoms with van der Waals surface area (Å²) in [6.45, 7) is 1.36. The summed E-state index contributed by atoms with van der Waals surface area (Å²) in [6, 6.07) is 0. The van der Waals surface area contributed by atoms with Crippen molar-refractivity contribution in [2.75, 3.05) is 13.1 Å². The minimum atomic E-state index is -0.465. The van der Waals surface area contributed by atoms with Crippen LogP contribution in [-0.2, 0) is 4.79 Å². The first kappa shape index (κ1) is 8.06. The number of nitrogens with one attached hydrogen (secondary N) is 2. The normalized spacial score (nSPS) is 26.0. The molecule has 0 bridgehead atoms. The first-order valence-corrected chi connectivity index (χ1v) is 4.06. The van der Waals surface area contributed by atoms with Gasteiger partial charge in [-0.2, -0.15) is 0 Å². The van der Waals surface area contributed by atoms with E-state index in [1.807, 2.05) is 11.0 Å². The molecule has 2 aliphatic rings. The summed E-state index contributed by atoms with van der Waals surface area (Å²) >= 11 is 0. The molecular formula is C7H11N5O. The van der Waals surface area contributed by atoms with Crippen LogP contribution in [0.1, 0.15) is 0 Å². The van der Waals surface area contributed by atoms with Crippen molar-refractivity contribution in [2.45, 2.75) is 6.17 Å². The van der Waals surface area contributed by atoms with Gasteiger partial charge in [0, 0.05) is 12.8 Å². The van der Waals surface area contributed by atoms with Gasteiger partial charge in [0.05, 0.1) is 6.54 Å². The van der Waals surface area contributed by atoms with Gasteiger partial charge in [-0.15, -0.1) is 0 Å². The average molecular weight is 181 g/mol. The predicted molar refractivity (Wildman–Crippen MR) is 47.4 cm³/mol. The van der Waals surface area contributed by atoms with Crippen LogP contribution in [0.2, 0.25) is 0 Å². The first-order valence-electron chi connectivity index (χ1n) is 4.06. The Morgan fingerprint density at radius 1 is 1.77 bits per heavy atom. The molecule has 1 unspecified atom stereocenters. The van der Waals surface area contributed by atoms with Gasteiger partial charge in [-0.05, 0) is 6.08 Å². The number of hydrazine groups is 1. The molecule has 0 aliphatic carbocycles. The number of nitrogens with two attached hydrogens (primary N) is 1. The van der Waals surface area contributed by atoms with Gasteiger partial charge in [0.15, 0.2) is 6.17 Å². The zero-order valence-corrected chi connectivity index (χ0v) is 7.03. The van der Waals surface area contributed by atoms with Crippen LogP contribution in [-0.4, -0.2) is 36.3 Å². The molecule has 1 saturated heterocycles. The number of hydrogen-bond donors (Lipinski definition) is 3. The van der Waals surface area contributed by atoms with Crippen LogP contribution >= 0.6 is 0 Å². The standard InChI is InChI=1S/C7H11N5O/c8-6(13)7-11-10-5-1-2-9-3-4-12(5)7/h1-2,7,10-11H,3-4H2,(H2,8,13). The number of nitrogens with zero attached hydrogens (tertiary/aromatic N) is 2. The number of amides is 1. The summed E-state index contributed by atoms with van der Waals surface area (Å²) in [7, 11) is 0. The molecule has 1 atom stereocenters. The van der Waals surface area contributed by atoms with Crippen molar-refractivity contribution in [3.63, 3.8) is 0 Å². The molecule has 0 aromatic heterocycles. The molecule has 1 fully saturated rings. The second kappa shape index (κ2) is 3.06. The number of fused-ring (bicyclic) bond motifs is 1. The fraction of sp³-hybridized carbons (Fsp3) is 0.429. The molecule has 2 heterocycles. The zero-order valence-electron chi connectivity index (χ0n) is 7.03. The summed E-state index contributed by atoms with van der Waals surface area (Å²) in [5.74, 6) is 0.447. The maximum Gasteiger partial charge on any atom is 0.256 e. The molecule has 13 heavy (non-hydrogen) atoms. The van der Waals surface area contributed by atoms with Crippen LogP contribution in [0.3, 0.4) is 0 Å². The van der Waals surface area contributed by atoms with Gasteiger partial charge in [0.1, 0.15) is 5.82 Å². The van der Waals surface area contributed by atoms with Crippen LogP contribution < -0.4 is 16.6 Å². The number of carbonyl (C=O) groups excluding carboxylic acids is 1. The maximum absolute atomic E-state index is 11.0. The Balaban J connectivity index is 2.19. The Kier molecular flexibility index (Phi) is 1.90. The van der Waals surface area contributed by atoms with E-state index < -0.39 is 12.1 Å². The third-order valence-corrected chi connectivity index (χ3v) is 2.04. The minimum absolute atomic E-state index is 0.391. The molecule has 1 amide bonds. The first-order chi connectivity index (χ1) is 6.29. The van der Waals surface area contributed by atoms with Crippen molar-refractivity contribution in [3.8, 4) is 0 Å². The Hall–Kier alpha value is -1.56. The summed E-state index contributed by atoms with van der Waals surface area (Å²) < 4.78 is 0. The van der Waals surface area contributed by atoms with E-state index in [-0.39, 0.29) is 0 Å². The number of hydrogen-bond acceptors (Lipinski definition) is 5. The highest BCUT2D eigenvalue weighted by molar-refractivity contribution is 5.81. The lowest BCUT2D eigenvalue weighted by molar-refractivity contribution is -0.122. The molecular weight excluding hydrogens is 170 g/mol. The molecule has 70 valence electrons. The second-order valence-electron chi connectivity index (χ2n) is 2.87. The van der Waals surface area contributed by atoms with E-state index in [4.69, 9.17) is 5.73 Å². The van der Waals surface area contributed by atoms with Gasteiger partial charge in [0.25, 0.3) is 5.91 Å². The van der Waals surface area contributed by atoms with E-state index in [2.05, 4.69) is 15.8 Å². The van der Waals surface area contributed by atoms with Crippen molar-refractivity contribution >= 4 is 12.1 Å². The second-order valence-corrected chi connectivity index (χ2v) is 2.87. The van der Waals surface area contributed by atoms with Gasteiger partial charge < -0.3 is 16.1 Å². The molecule has 0 spiro atoms.